The van der Waals surface area contributed by atoms with E-state index < -0.39 is 0 Å². The summed E-state index contributed by atoms with van der Waals surface area (Å²) >= 11 is 0. The summed E-state index contributed by atoms with van der Waals surface area (Å²) in [6.07, 6.45) is 3.16. The first kappa shape index (κ1) is 9.71. The van der Waals surface area contributed by atoms with Crippen molar-refractivity contribution in [3.8, 4) is 0 Å². The lowest BCUT2D eigenvalue weighted by molar-refractivity contribution is 0.467. The summed E-state index contributed by atoms with van der Waals surface area (Å²) in [7, 11) is 0. The molecule has 0 amide bonds. The maximum absolute atomic E-state index is 5.65. The van der Waals surface area contributed by atoms with Crippen molar-refractivity contribution in [2.24, 2.45) is 17.6 Å². The molecule has 0 aliphatic heterocycles. The van der Waals surface area contributed by atoms with Crippen LogP contribution in [0.25, 0.3) is 0 Å². The van der Waals surface area contributed by atoms with Crippen LogP contribution in [0, 0.1) is 11.8 Å². The maximum Gasteiger partial charge on any atom is 0.0492 e. The molecule has 3 nitrogen and oxygen atoms in total. The van der Waals surface area contributed by atoms with E-state index in [0.717, 1.165) is 13.1 Å². The van der Waals surface area contributed by atoms with Crippen LogP contribution in [0.4, 0.5) is 0 Å². The molecule has 1 fully saturated rings. The smallest absolute Gasteiger partial charge is 0.0492 e. The highest BCUT2D eigenvalue weighted by Crippen LogP contribution is 2.46. The van der Waals surface area contributed by atoms with Crippen molar-refractivity contribution < 1.29 is 0 Å². The normalized spacial score (nSPS) is 25.7. The van der Waals surface area contributed by atoms with Gasteiger partial charge in [-0.25, -0.2) is 0 Å². The van der Waals surface area contributed by atoms with Crippen molar-refractivity contribution in [3.05, 3.63) is 18.0 Å². The molecule has 1 heterocycles. The van der Waals surface area contributed by atoms with Crippen molar-refractivity contribution in [3.63, 3.8) is 0 Å². The van der Waals surface area contributed by atoms with E-state index in [4.69, 9.17) is 5.73 Å². The molecular formula is C11H19N3. The molecule has 0 unspecified atom stereocenters. The fourth-order valence-corrected chi connectivity index (χ4v) is 2.03. The Morgan fingerprint density at radius 3 is 3.00 bits per heavy atom. The van der Waals surface area contributed by atoms with Crippen molar-refractivity contribution in [1.29, 1.82) is 0 Å². The van der Waals surface area contributed by atoms with Crippen LogP contribution in [0.2, 0.25) is 0 Å². The molecule has 0 bridgehead atoms. The fraction of sp³-hybridized carbons (Fsp3) is 0.727. The van der Waals surface area contributed by atoms with Gasteiger partial charge in [0.2, 0.25) is 0 Å². The minimum Gasteiger partial charge on any atom is -0.330 e. The minimum atomic E-state index is 0.656. The monoisotopic (exact) mass is 193 g/mol. The summed E-state index contributed by atoms with van der Waals surface area (Å²) in [5, 5.41) is 4.36. The molecular weight excluding hydrogens is 174 g/mol. The fourth-order valence-electron chi connectivity index (χ4n) is 2.03. The zero-order chi connectivity index (χ0) is 10.1. The van der Waals surface area contributed by atoms with E-state index in [-0.39, 0.29) is 0 Å². The van der Waals surface area contributed by atoms with Gasteiger partial charge in [-0.3, -0.25) is 4.68 Å². The Hall–Kier alpha value is -0.830. The summed E-state index contributed by atoms with van der Waals surface area (Å²) < 4.78 is 2.14. The Bertz CT molecular complexity index is 303. The van der Waals surface area contributed by atoms with E-state index in [1.807, 2.05) is 6.20 Å². The third kappa shape index (κ3) is 1.82. The van der Waals surface area contributed by atoms with Gasteiger partial charge in [0.25, 0.3) is 0 Å². The number of nitrogens with two attached hydrogens (primary N) is 1. The van der Waals surface area contributed by atoms with Crippen molar-refractivity contribution in [1.82, 2.24) is 9.78 Å². The van der Waals surface area contributed by atoms with E-state index >= 15 is 0 Å². The molecule has 0 saturated heterocycles. The first-order valence-corrected chi connectivity index (χ1v) is 5.44. The zero-order valence-corrected chi connectivity index (χ0v) is 8.98. The largest absolute Gasteiger partial charge is 0.330 e. The first-order valence-electron chi connectivity index (χ1n) is 5.44. The second-order valence-electron chi connectivity index (χ2n) is 4.67. The van der Waals surface area contributed by atoms with Gasteiger partial charge in [-0.15, -0.1) is 0 Å². The van der Waals surface area contributed by atoms with Gasteiger partial charge in [0.1, 0.15) is 0 Å². The van der Waals surface area contributed by atoms with Crippen LogP contribution >= 0.6 is 0 Å². The molecule has 0 radical (unpaired) electrons. The molecule has 14 heavy (non-hydrogen) atoms. The van der Waals surface area contributed by atoms with Gasteiger partial charge < -0.3 is 5.73 Å². The predicted molar refractivity (Wildman–Crippen MR) is 57.0 cm³/mol. The second-order valence-corrected chi connectivity index (χ2v) is 4.67. The molecule has 2 N–H and O–H groups in total. The SMILES string of the molecule is CC(C)Cn1nccc1[C@@H]1C[C@H]1CN. The molecule has 1 aliphatic carbocycles. The number of nitrogens with zero attached hydrogens (tertiary/aromatic N) is 2. The lowest BCUT2D eigenvalue weighted by Gasteiger charge is -2.09. The summed E-state index contributed by atoms with van der Waals surface area (Å²) in [5.41, 5.74) is 7.04. The number of aromatic nitrogens is 2. The van der Waals surface area contributed by atoms with E-state index in [1.54, 1.807) is 0 Å². The number of rotatable bonds is 4. The zero-order valence-electron chi connectivity index (χ0n) is 8.98. The summed E-state index contributed by atoms with van der Waals surface area (Å²) in [5.74, 6) is 2.04. The molecule has 1 aliphatic rings. The van der Waals surface area contributed by atoms with Crippen LogP contribution in [-0.4, -0.2) is 16.3 Å². The summed E-state index contributed by atoms with van der Waals surface area (Å²) in [6, 6.07) is 2.14. The molecule has 2 atom stereocenters. The van der Waals surface area contributed by atoms with Crippen molar-refractivity contribution in [2.75, 3.05) is 6.54 Å². The molecule has 3 heteroatoms. The van der Waals surface area contributed by atoms with Gasteiger partial charge in [-0.05, 0) is 30.9 Å². The molecule has 1 aromatic rings. The topological polar surface area (TPSA) is 43.8 Å². The van der Waals surface area contributed by atoms with E-state index in [0.29, 0.717) is 17.8 Å². The van der Waals surface area contributed by atoms with Gasteiger partial charge in [0.05, 0.1) is 0 Å². The quantitative estimate of drug-likeness (QED) is 0.789. The highest BCUT2D eigenvalue weighted by Gasteiger charge is 2.39. The van der Waals surface area contributed by atoms with Crippen LogP contribution in [0.5, 0.6) is 0 Å². The van der Waals surface area contributed by atoms with Crippen molar-refractivity contribution in [2.45, 2.75) is 32.7 Å². The Balaban J connectivity index is 2.07. The highest BCUT2D eigenvalue weighted by molar-refractivity contribution is 5.17. The minimum absolute atomic E-state index is 0.656. The van der Waals surface area contributed by atoms with Crippen LogP contribution in [0.15, 0.2) is 12.3 Å². The molecule has 1 saturated carbocycles. The van der Waals surface area contributed by atoms with E-state index in [1.165, 1.54) is 12.1 Å². The van der Waals surface area contributed by atoms with E-state index in [9.17, 15) is 0 Å². The summed E-state index contributed by atoms with van der Waals surface area (Å²) in [6.45, 7) is 6.28. The molecule has 0 spiro atoms. The van der Waals surface area contributed by atoms with E-state index in [2.05, 4.69) is 29.7 Å². The third-order valence-corrected chi connectivity index (χ3v) is 2.89. The predicted octanol–water partition coefficient (Wildman–Crippen LogP) is 1.60. The lowest BCUT2D eigenvalue weighted by Crippen LogP contribution is -2.10. The molecule has 1 aromatic heterocycles. The van der Waals surface area contributed by atoms with Gasteiger partial charge in [-0.2, -0.15) is 5.10 Å². The van der Waals surface area contributed by atoms with Crippen LogP contribution in [0.1, 0.15) is 31.9 Å². The molecule has 78 valence electrons. The number of hydrogen-bond donors (Lipinski definition) is 1. The summed E-state index contributed by atoms with van der Waals surface area (Å²) in [4.78, 5) is 0. The second kappa shape index (κ2) is 3.73. The Labute approximate surface area is 85.3 Å². The van der Waals surface area contributed by atoms with Crippen LogP contribution in [0.3, 0.4) is 0 Å². The average molecular weight is 193 g/mol. The Kier molecular flexibility index (Phi) is 2.59. The van der Waals surface area contributed by atoms with Gasteiger partial charge in [0, 0.05) is 24.4 Å². The van der Waals surface area contributed by atoms with Gasteiger partial charge in [0.15, 0.2) is 0 Å². The third-order valence-electron chi connectivity index (χ3n) is 2.89. The molecule has 0 aromatic carbocycles. The lowest BCUT2D eigenvalue weighted by atomic mass is 10.2. The Morgan fingerprint density at radius 2 is 2.43 bits per heavy atom. The number of hydrogen-bond acceptors (Lipinski definition) is 2. The standard InChI is InChI=1S/C11H19N3/c1-8(2)7-14-11(3-4-13-14)10-5-9(10)6-12/h3-4,8-10H,5-7,12H2,1-2H3/t9-,10+/m0/s1. The Morgan fingerprint density at radius 1 is 1.64 bits per heavy atom. The average Bonchev–Trinajstić information content (AvgIpc) is 2.79. The molecule has 2 rings (SSSR count). The highest BCUT2D eigenvalue weighted by atomic mass is 15.3. The first-order chi connectivity index (χ1) is 6.72. The van der Waals surface area contributed by atoms with Gasteiger partial charge >= 0.3 is 0 Å². The maximum atomic E-state index is 5.65. The van der Waals surface area contributed by atoms with Crippen LogP contribution < -0.4 is 5.73 Å². The van der Waals surface area contributed by atoms with Crippen molar-refractivity contribution >= 4 is 0 Å². The van der Waals surface area contributed by atoms with Gasteiger partial charge in [-0.1, -0.05) is 13.8 Å². The van der Waals surface area contributed by atoms with Crippen LogP contribution in [-0.2, 0) is 6.54 Å².